The van der Waals surface area contributed by atoms with Gasteiger partial charge in [0.15, 0.2) is 0 Å². The molecule has 1 aromatic carbocycles. The van der Waals surface area contributed by atoms with E-state index in [1.165, 1.54) is 11.1 Å². The second-order valence-electron chi connectivity index (χ2n) is 10.6. The van der Waals surface area contributed by atoms with E-state index in [0.717, 1.165) is 18.4 Å². The summed E-state index contributed by atoms with van der Waals surface area (Å²) in [6.07, 6.45) is 3.48. The maximum absolute atomic E-state index is 12.2. The van der Waals surface area contributed by atoms with Crippen LogP contribution >= 0.6 is 0 Å². The van der Waals surface area contributed by atoms with Crippen LogP contribution in [0.3, 0.4) is 0 Å². The molecule has 202 valence electrons. The SMILES string of the molecule is CC(C)c1ccc2c(c1)CC[C@H]1[C@@](CS(=O)(=O)O)(C(=O)O)CCC[C@]21C.NC(=O)CC[C@H](N)C(N)=O. The molecule has 36 heavy (non-hydrogen) atoms. The van der Waals surface area contributed by atoms with Crippen LogP contribution in [0.25, 0.3) is 0 Å². The van der Waals surface area contributed by atoms with Crippen molar-refractivity contribution in [3.63, 3.8) is 0 Å². The smallest absolute Gasteiger partial charge is 0.311 e. The monoisotopic (exact) mass is 525 g/mol. The van der Waals surface area contributed by atoms with Crippen molar-refractivity contribution in [2.45, 2.75) is 83.1 Å². The summed E-state index contributed by atoms with van der Waals surface area (Å²) in [6.45, 7) is 6.38. The molecule has 2 amide bonds. The summed E-state index contributed by atoms with van der Waals surface area (Å²) in [4.78, 5) is 32.6. The van der Waals surface area contributed by atoms with E-state index in [4.69, 9.17) is 17.2 Å². The largest absolute Gasteiger partial charge is 0.481 e. The molecule has 0 unspecified atom stereocenters. The van der Waals surface area contributed by atoms with Crippen LogP contribution in [0.1, 0.15) is 81.9 Å². The zero-order valence-corrected chi connectivity index (χ0v) is 22.0. The Morgan fingerprint density at radius 1 is 1.17 bits per heavy atom. The molecule has 0 saturated heterocycles. The standard InChI is InChI=1S/C20H28O5S.C5H11N3O2/c1-13(2)14-5-7-16-15(11-14)6-8-17-19(16,3)9-4-10-20(17,18(21)22)12-26(23,24)25;6-3(5(8)10)1-2-4(7)9/h5,7,11,13,17H,4,6,8-10,12H2,1-3H3,(H,21,22)(H,23,24,25);3H,1-2,6H2,(H2,7,9)(H2,8,10)/t17-,19-,20-;3-/m10/s1. The van der Waals surface area contributed by atoms with Gasteiger partial charge in [-0.15, -0.1) is 0 Å². The lowest BCUT2D eigenvalue weighted by atomic mass is 9.49. The van der Waals surface area contributed by atoms with Gasteiger partial charge in [-0.1, -0.05) is 45.4 Å². The van der Waals surface area contributed by atoms with Gasteiger partial charge in [-0.05, 0) is 66.0 Å². The van der Waals surface area contributed by atoms with Gasteiger partial charge in [0, 0.05) is 6.42 Å². The number of aliphatic carboxylic acids is 1. The number of aryl methyl sites for hydroxylation is 1. The molecule has 8 N–H and O–H groups in total. The second kappa shape index (κ2) is 11.3. The van der Waals surface area contributed by atoms with Crippen LogP contribution in [0, 0.1) is 11.3 Å². The third-order valence-corrected chi connectivity index (χ3v) is 8.68. The van der Waals surface area contributed by atoms with Crippen molar-refractivity contribution < 1.29 is 32.5 Å². The van der Waals surface area contributed by atoms with Gasteiger partial charge in [0.1, 0.15) is 0 Å². The van der Waals surface area contributed by atoms with Gasteiger partial charge in [-0.3, -0.25) is 18.9 Å². The van der Waals surface area contributed by atoms with E-state index in [0.29, 0.717) is 25.2 Å². The number of nitrogens with two attached hydrogens (primary N) is 3. The van der Waals surface area contributed by atoms with Crippen LogP contribution in [-0.2, 0) is 36.3 Å². The first-order chi connectivity index (χ1) is 16.5. The van der Waals surface area contributed by atoms with Gasteiger partial charge < -0.3 is 22.3 Å². The van der Waals surface area contributed by atoms with Crippen LogP contribution < -0.4 is 17.2 Å². The first-order valence-electron chi connectivity index (χ1n) is 12.2. The van der Waals surface area contributed by atoms with Gasteiger partial charge in [-0.25, -0.2) is 0 Å². The maximum Gasteiger partial charge on any atom is 0.311 e. The minimum absolute atomic E-state index is 0.101. The lowest BCUT2D eigenvalue weighted by Crippen LogP contribution is -2.56. The topological polar surface area (TPSA) is 204 Å². The van der Waals surface area contributed by atoms with Crippen molar-refractivity contribution in [1.29, 1.82) is 0 Å². The molecule has 0 aromatic heterocycles. The first-order valence-corrected chi connectivity index (χ1v) is 13.8. The van der Waals surface area contributed by atoms with Crippen molar-refractivity contribution in [3.05, 3.63) is 34.9 Å². The van der Waals surface area contributed by atoms with E-state index in [-0.39, 0.29) is 24.2 Å². The zero-order valence-electron chi connectivity index (χ0n) is 21.2. The molecule has 2 aliphatic rings. The highest BCUT2D eigenvalue weighted by molar-refractivity contribution is 7.85. The van der Waals surface area contributed by atoms with E-state index in [9.17, 15) is 32.5 Å². The lowest BCUT2D eigenvalue weighted by molar-refractivity contribution is -0.157. The number of primary amides is 2. The van der Waals surface area contributed by atoms with Crippen LogP contribution in [0.2, 0.25) is 0 Å². The Morgan fingerprint density at radius 3 is 2.31 bits per heavy atom. The molecule has 2 aliphatic carbocycles. The number of hydrogen-bond acceptors (Lipinski definition) is 6. The third kappa shape index (κ3) is 6.63. The Bertz CT molecular complexity index is 1100. The Labute approximate surface area is 212 Å². The molecule has 0 radical (unpaired) electrons. The Balaban J connectivity index is 0.000000388. The number of fused-ring (bicyclic) bond motifs is 3. The number of carbonyl (C=O) groups excluding carboxylic acids is 2. The molecular weight excluding hydrogens is 486 g/mol. The summed E-state index contributed by atoms with van der Waals surface area (Å²) in [7, 11) is -4.38. The predicted octanol–water partition coefficient (Wildman–Crippen LogP) is 1.84. The molecule has 11 heteroatoms. The van der Waals surface area contributed by atoms with Gasteiger partial charge in [0.05, 0.1) is 17.2 Å². The van der Waals surface area contributed by atoms with Crippen molar-refractivity contribution in [2.75, 3.05) is 5.75 Å². The molecular formula is C25H39N3O7S. The summed E-state index contributed by atoms with van der Waals surface area (Å²) in [5.41, 5.74) is 16.6. The van der Waals surface area contributed by atoms with Crippen LogP contribution in [0.5, 0.6) is 0 Å². The molecule has 0 heterocycles. The number of benzene rings is 1. The highest BCUT2D eigenvalue weighted by Crippen LogP contribution is 2.58. The van der Waals surface area contributed by atoms with E-state index in [1.54, 1.807) is 0 Å². The predicted molar refractivity (Wildman–Crippen MR) is 136 cm³/mol. The van der Waals surface area contributed by atoms with Crippen LogP contribution in [0.4, 0.5) is 0 Å². The quantitative estimate of drug-likeness (QED) is 0.316. The molecule has 3 rings (SSSR count). The number of hydrogen-bond donors (Lipinski definition) is 5. The average Bonchev–Trinajstić information content (AvgIpc) is 2.76. The fourth-order valence-electron chi connectivity index (χ4n) is 5.94. The summed E-state index contributed by atoms with van der Waals surface area (Å²) in [6, 6.07) is 5.69. The number of carboxylic acids is 1. The summed E-state index contributed by atoms with van der Waals surface area (Å²) in [5.74, 6) is -2.77. The minimum atomic E-state index is -4.38. The molecule has 10 nitrogen and oxygen atoms in total. The van der Waals surface area contributed by atoms with E-state index in [1.807, 2.05) is 0 Å². The van der Waals surface area contributed by atoms with Gasteiger partial charge >= 0.3 is 5.97 Å². The summed E-state index contributed by atoms with van der Waals surface area (Å²) >= 11 is 0. The fraction of sp³-hybridized carbons (Fsp3) is 0.640. The maximum atomic E-state index is 12.2. The molecule has 1 aromatic rings. The molecule has 4 atom stereocenters. The van der Waals surface area contributed by atoms with E-state index < -0.39 is 45.1 Å². The van der Waals surface area contributed by atoms with Crippen LogP contribution in [-0.4, -0.2) is 47.7 Å². The lowest BCUT2D eigenvalue weighted by Gasteiger charge is -2.54. The van der Waals surface area contributed by atoms with Crippen molar-refractivity contribution in [2.24, 2.45) is 28.5 Å². The molecule has 0 aliphatic heterocycles. The number of carboxylic acid groups (broad SMARTS) is 1. The average molecular weight is 526 g/mol. The first kappa shape index (κ1) is 29.7. The van der Waals surface area contributed by atoms with Crippen molar-refractivity contribution in [3.8, 4) is 0 Å². The van der Waals surface area contributed by atoms with Gasteiger partial charge in [-0.2, -0.15) is 8.42 Å². The molecule has 0 bridgehead atoms. The number of carbonyl (C=O) groups is 3. The highest BCUT2D eigenvalue weighted by Gasteiger charge is 2.59. The van der Waals surface area contributed by atoms with E-state index >= 15 is 0 Å². The zero-order chi connectivity index (χ0) is 27.5. The Morgan fingerprint density at radius 2 is 1.81 bits per heavy atom. The molecule has 0 spiro atoms. The van der Waals surface area contributed by atoms with E-state index in [2.05, 4.69) is 39.0 Å². The van der Waals surface area contributed by atoms with Gasteiger partial charge in [0.25, 0.3) is 10.1 Å². The van der Waals surface area contributed by atoms with Gasteiger partial charge in [0.2, 0.25) is 11.8 Å². The Kier molecular flexibility index (Phi) is 9.30. The molecule has 1 saturated carbocycles. The summed E-state index contributed by atoms with van der Waals surface area (Å²) in [5, 5.41) is 9.99. The van der Waals surface area contributed by atoms with Crippen molar-refractivity contribution in [1.82, 2.24) is 0 Å². The third-order valence-electron chi connectivity index (χ3n) is 7.80. The second-order valence-corrected chi connectivity index (χ2v) is 12.1. The minimum Gasteiger partial charge on any atom is -0.481 e. The highest BCUT2D eigenvalue weighted by atomic mass is 32.2. The van der Waals surface area contributed by atoms with Crippen LogP contribution in [0.15, 0.2) is 18.2 Å². The summed E-state index contributed by atoms with van der Waals surface area (Å²) < 4.78 is 32.8. The number of amides is 2. The normalized spacial score (nSPS) is 26.1. The Hall–Kier alpha value is -2.50. The number of rotatable bonds is 8. The van der Waals surface area contributed by atoms with Crippen molar-refractivity contribution >= 4 is 27.9 Å². The fourth-order valence-corrected chi connectivity index (χ4v) is 7.06. The molecule has 1 fully saturated rings.